The Kier molecular flexibility index (Phi) is 8.31. The third-order valence-electron chi connectivity index (χ3n) is 2.85. The number of nitrogens with one attached hydrogen (secondary N) is 1. The second-order valence-corrected chi connectivity index (χ2v) is 5.66. The molecule has 9 heteroatoms. The SMILES string of the molecule is Cl.N=CN(N)N=Cc1cccc(OCc2cc(Cl)ccc2Cl)c1Cl. The zero-order valence-electron chi connectivity index (χ0n) is 12.2. The summed E-state index contributed by atoms with van der Waals surface area (Å²) in [6.07, 6.45) is 2.30. The maximum atomic E-state index is 6.95. The molecule has 5 nitrogen and oxygen atoms in total. The van der Waals surface area contributed by atoms with Crippen molar-refractivity contribution in [1.82, 2.24) is 5.12 Å². The maximum absolute atomic E-state index is 6.95. The number of nitrogens with zero attached hydrogens (tertiary/aromatic N) is 2. The molecule has 0 aromatic heterocycles. The van der Waals surface area contributed by atoms with Crippen molar-refractivity contribution in [3.8, 4) is 5.75 Å². The molecule has 0 amide bonds. The van der Waals surface area contributed by atoms with Gasteiger partial charge in [-0.2, -0.15) is 10.2 Å². The third kappa shape index (κ3) is 5.54. The van der Waals surface area contributed by atoms with Crippen LogP contribution in [0.4, 0.5) is 0 Å². The van der Waals surface area contributed by atoms with Gasteiger partial charge in [-0.15, -0.1) is 12.4 Å². The molecular weight excluding hydrogens is 394 g/mol. The van der Waals surface area contributed by atoms with Gasteiger partial charge < -0.3 is 4.74 Å². The lowest BCUT2D eigenvalue weighted by atomic mass is 10.2. The topological polar surface area (TPSA) is 74.7 Å². The molecule has 0 unspecified atom stereocenters. The molecular formula is C15H14Cl4N4O. The Morgan fingerprint density at radius 1 is 1.21 bits per heavy atom. The summed E-state index contributed by atoms with van der Waals surface area (Å²) < 4.78 is 5.71. The summed E-state index contributed by atoms with van der Waals surface area (Å²) in [6, 6.07) is 10.4. The van der Waals surface area contributed by atoms with Crippen molar-refractivity contribution in [3.63, 3.8) is 0 Å². The molecule has 0 saturated carbocycles. The molecule has 2 aromatic carbocycles. The van der Waals surface area contributed by atoms with Crippen molar-refractivity contribution in [2.24, 2.45) is 10.9 Å². The number of ether oxygens (including phenoxy) is 1. The van der Waals surface area contributed by atoms with E-state index in [-0.39, 0.29) is 19.0 Å². The fraction of sp³-hybridized carbons (Fsp3) is 0.0667. The van der Waals surface area contributed by atoms with E-state index in [0.29, 0.717) is 26.4 Å². The van der Waals surface area contributed by atoms with E-state index >= 15 is 0 Å². The number of hydrazone groups is 1. The number of benzene rings is 2. The van der Waals surface area contributed by atoms with Crippen LogP contribution in [0.2, 0.25) is 15.1 Å². The van der Waals surface area contributed by atoms with Gasteiger partial charge in [0.1, 0.15) is 18.7 Å². The molecule has 0 aliphatic rings. The zero-order chi connectivity index (χ0) is 16.8. The molecule has 0 aliphatic carbocycles. The van der Waals surface area contributed by atoms with Gasteiger partial charge in [0.15, 0.2) is 0 Å². The van der Waals surface area contributed by atoms with Gasteiger partial charge in [0.05, 0.1) is 11.2 Å². The average Bonchev–Trinajstić information content (AvgIpc) is 2.55. The molecule has 0 radical (unpaired) electrons. The van der Waals surface area contributed by atoms with E-state index in [9.17, 15) is 0 Å². The highest BCUT2D eigenvalue weighted by Crippen LogP contribution is 2.29. The molecule has 2 aromatic rings. The van der Waals surface area contributed by atoms with Gasteiger partial charge in [-0.25, -0.2) is 5.84 Å². The summed E-state index contributed by atoms with van der Waals surface area (Å²) in [5, 5.41) is 13.2. The van der Waals surface area contributed by atoms with Crippen molar-refractivity contribution in [2.45, 2.75) is 6.61 Å². The van der Waals surface area contributed by atoms with E-state index in [0.717, 1.165) is 17.0 Å². The average molecular weight is 408 g/mol. The van der Waals surface area contributed by atoms with Gasteiger partial charge >= 0.3 is 0 Å². The molecule has 0 spiro atoms. The molecule has 0 saturated heterocycles. The van der Waals surface area contributed by atoms with Crippen molar-refractivity contribution in [1.29, 1.82) is 5.41 Å². The van der Waals surface area contributed by atoms with E-state index in [1.165, 1.54) is 6.21 Å². The lowest BCUT2D eigenvalue weighted by Gasteiger charge is -2.11. The number of hydrogen-bond acceptors (Lipinski definition) is 4. The van der Waals surface area contributed by atoms with Gasteiger partial charge in [-0.05, 0) is 24.3 Å². The van der Waals surface area contributed by atoms with E-state index in [1.807, 2.05) is 0 Å². The van der Waals surface area contributed by atoms with Crippen LogP contribution in [0.1, 0.15) is 11.1 Å². The Morgan fingerprint density at radius 3 is 2.67 bits per heavy atom. The summed E-state index contributed by atoms with van der Waals surface area (Å²) in [6.45, 7) is 0.225. The fourth-order valence-corrected chi connectivity index (χ4v) is 2.31. The smallest absolute Gasteiger partial charge is 0.139 e. The Hall–Kier alpha value is -1.50. The fourth-order valence-electron chi connectivity index (χ4n) is 1.71. The molecule has 24 heavy (non-hydrogen) atoms. The summed E-state index contributed by atoms with van der Waals surface area (Å²) >= 11 is 18.3. The van der Waals surface area contributed by atoms with Crippen LogP contribution in [-0.4, -0.2) is 17.7 Å². The highest BCUT2D eigenvalue weighted by Gasteiger charge is 2.08. The number of hydrazine groups is 1. The van der Waals surface area contributed by atoms with Crippen LogP contribution in [0.15, 0.2) is 41.5 Å². The third-order valence-corrected chi connectivity index (χ3v) is 3.85. The van der Waals surface area contributed by atoms with Gasteiger partial charge in [0, 0.05) is 21.2 Å². The molecule has 0 atom stereocenters. The minimum Gasteiger partial charge on any atom is -0.487 e. The highest BCUT2D eigenvalue weighted by molar-refractivity contribution is 6.34. The highest BCUT2D eigenvalue weighted by atomic mass is 35.5. The van der Waals surface area contributed by atoms with Crippen molar-refractivity contribution in [2.75, 3.05) is 0 Å². The molecule has 0 aliphatic heterocycles. The predicted octanol–water partition coefficient (Wildman–Crippen LogP) is 4.76. The van der Waals surface area contributed by atoms with E-state index < -0.39 is 0 Å². The molecule has 2 rings (SSSR count). The van der Waals surface area contributed by atoms with Crippen LogP contribution in [-0.2, 0) is 6.61 Å². The van der Waals surface area contributed by atoms with Gasteiger partial charge in [0.2, 0.25) is 0 Å². The molecule has 128 valence electrons. The van der Waals surface area contributed by atoms with Crippen molar-refractivity contribution >= 4 is 59.8 Å². The lowest BCUT2D eigenvalue weighted by molar-refractivity contribution is 0.306. The largest absolute Gasteiger partial charge is 0.487 e. The molecule has 0 fully saturated rings. The van der Waals surface area contributed by atoms with Gasteiger partial charge in [-0.1, -0.05) is 46.9 Å². The predicted molar refractivity (Wildman–Crippen MR) is 102 cm³/mol. The Balaban J connectivity index is 0.00000288. The number of hydrogen-bond donors (Lipinski definition) is 2. The van der Waals surface area contributed by atoms with E-state index in [4.69, 9.17) is 50.8 Å². The second-order valence-electron chi connectivity index (χ2n) is 4.44. The van der Waals surface area contributed by atoms with Gasteiger partial charge in [0.25, 0.3) is 0 Å². The number of halogens is 4. The van der Waals surface area contributed by atoms with Crippen LogP contribution < -0.4 is 10.6 Å². The van der Waals surface area contributed by atoms with Crippen molar-refractivity contribution in [3.05, 3.63) is 62.6 Å². The summed E-state index contributed by atoms with van der Waals surface area (Å²) in [4.78, 5) is 0. The molecule has 3 N–H and O–H groups in total. The normalized spacial score (nSPS) is 10.3. The number of rotatable bonds is 6. The van der Waals surface area contributed by atoms with Crippen LogP contribution in [0.25, 0.3) is 0 Å². The van der Waals surface area contributed by atoms with E-state index in [2.05, 4.69) is 5.10 Å². The first-order valence-electron chi connectivity index (χ1n) is 6.45. The standard InChI is InChI=1S/C15H13Cl3N4O.ClH/c16-12-4-5-13(17)11(6-12)8-23-14-3-1-2-10(15(14)18)7-21-22(20)9-19;/h1-7,9,19H,8,20H2;1H. The minimum atomic E-state index is 0. The first-order valence-corrected chi connectivity index (χ1v) is 7.58. The summed E-state index contributed by atoms with van der Waals surface area (Å²) in [5.74, 6) is 5.84. The van der Waals surface area contributed by atoms with Crippen LogP contribution in [0.5, 0.6) is 5.75 Å². The van der Waals surface area contributed by atoms with Crippen LogP contribution >= 0.6 is 47.2 Å². The van der Waals surface area contributed by atoms with E-state index in [1.54, 1.807) is 36.4 Å². The zero-order valence-corrected chi connectivity index (χ0v) is 15.3. The Bertz CT molecular complexity index is 739. The number of nitrogens with two attached hydrogens (primary N) is 1. The monoisotopic (exact) mass is 406 g/mol. The minimum absolute atomic E-state index is 0. The first kappa shape index (κ1) is 20.5. The molecule has 0 heterocycles. The van der Waals surface area contributed by atoms with Crippen LogP contribution in [0.3, 0.4) is 0 Å². The Morgan fingerprint density at radius 2 is 1.96 bits per heavy atom. The molecule has 0 bridgehead atoms. The lowest BCUT2D eigenvalue weighted by Crippen LogP contribution is -2.22. The summed E-state index contributed by atoms with van der Waals surface area (Å²) in [5.41, 5.74) is 1.37. The quantitative estimate of drug-likeness (QED) is 0.313. The Labute approximate surface area is 160 Å². The van der Waals surface area contributed by atoms with Gasteiger partial charge in [-0.3, -0.25) is 5.41 Å². The summed E-state index contributed by atoms with van der Waals surface area (Å²) in [7, 11) is 0. The van der Waals surface area contributed by atoms with Crippen molar-refractivity contribution < 1.29 is 4.74 Å². The maximum Gasteiger partial charge on any atom is 0.139 e. The first-order chi connectivity index (χ1) is 11.0. The second kappa shape index (κ2) is 9.71. The van der Waals surface area contributed by atoms with Crippen LogP contribution in [0, 0.1) is 5.41 Å².